The van der Waals surface area contributed by atoms with Gasteiger partial charge in [-0.2, -0.15) is 5.10 Å². The van der Waals surface area contributed by atoms with Gasteiger partial charge in [-0.25, -0.2) is 22.6 Å². The molecule has 35 heavy (non-hydrogen) atoms. The molecule has 2 heterocycles. The minimum atomic E-state index is -3.50. The molecule has 0 fully saturated rings. The van der Waals surface area contributed by atoms with Crippen LogP contribution in [0, 0.1) is 6.92 Å². The Hall–Kier alpha value is -4.01. The van der Waals surface area contributed by atoms with Gasteiger partial charge in [-0.3, -0.25) is 0 Å². The van der Waals surface area contributed by atoms with E-state index in [1.54, 1.807) is 31.4 Å². The molecule has 0 saturated heterocycles. The van der Waals surface area contributed by atoms with Gasteiger partial charge in [0, 0.05) is 11.1 Å². The number of imidazole rings is 1. The van der Waals surface area contributed by atoms with E-state index in [4.69, 9.17) is 9.84 Å². The van der Waals surface area contributed by atoms with Crippen molar-refractivity contribution in [2.24, 2.45) is 0 Å². The Morgan fingerprint density at radius 2 is 1.34 bits per heavy atom. The van der Waals surface area contributed by atoms with Crippen molar-refractivity contribution in [1.29, 1.82) is 0 Å². The molecule has 2 aromatic heterocycles. The summed E-state index contributed by atoms with van der Waals surface area (Å²) in [6.45, 7) is 1.92. The lowest BCUT2D eigenvalue weighted by atomic mass is 10.0. The Morgan fingerprint density at radius 1 is 0.771 bits per heavy atom. The van der Waals surface area contributed by atoms with Crippen molar-refractivity contribution < 1.29 is 13.2 Å². The Labute approximate surface area is 204 Å². The van der Waals surface area contributed by atoms with E-state index in [0.29, 0.717) is 0 Å². The van der Waals surface area contributed by atoms with Crippen LogP contribution in [-0.4, -0.2) is 37.2 Å². The van der Waals surface area contributed by atoms with Crippen LogP contribution in [0.25, 0.3) is 39.3 Å². The maximum Gasteiger partial charge on any atom is 0.240 e. The van der Waals surface area contributed by atoms with Crippen molar-refractivity contribution >= 4 is 15.7 Å². The zero-order valence-electron chi connectivity index (χ0n) is 19.6. The van der Waals surface area contributed by atoms with Crippen molar-refractivity contribution in [1.82, 2.24) is 19.3 Å². The molecule has 0 radical (unpaired) electrons. The van der Waals surface area contributed by atoms with Crippen LogP contribution in [0.5, 0.6) is 5.75 Å². The van der Waals surface area contributed by atoms with Crippen LogP contribution in [0.15, 0.2) is 89.8 Å². The summed E-state index contributed by atoms with van der Waals surface area (Å²) in [6.07, 6.45) is 0. The second-order valence-electron chi connectivity index (χ2n) is 8.07. The average Bonchev–Trinajstić information content (AvgIpc) is 3.23. The van der Waals surface area contributed by atoms with Crippen LogP contribution < -0.4 is 9.46 Å². The maximum absolute atomic E-state index is 12.1. The molecule has 7 nitrogen and oxygen atoms in total. The number of benzene rings is 3. The molecular formula is C27H24N4O3S. The number of sulfonamides is 1. The molecule has 176 valence electrons. The van der Waals surface area contributed by atoms with Gasteiger partial charge in [0.2, 0.25) is 10.0 Å². The zero-order chi connectivity index (χ0) is 24.6. The number of nitrogens with one attached hydrogen (secondary N) is 1. The summed E-state index contributed by atoms with van der Waals surface area (Å²) >= 11 is 0. The molecule has 5 aromatic rings. The van der Waals surface area contributed by atoms with Gasteiger partial charge in [-0.15, -0.1) is 0 Å². The van der Waals surface area contributed by atoms with Crippen molar-refractivity contribution in [3.63, 3.8) is 0 Å². The van der Waals surface area contributed by atoms with Crippen LogP contribution in [-0.2, 0) is 10.0 Å². The number of hydrogen-bond donors (Lipinski definition) is 1. The standard InChI is InChI=1S/C27H24N4O3S/c1-18-27(22-10-14-24(15-11-22)35(32,33)28-2)31-26(29-18)17-16-25(30-31)21-6-4-19(5-7-21)20-8-12-23(34-3)13-9-20/h4-17,28H,1-3H3. The third kappa shape index (κ3) is 4.29. The van der Waals surface area contributed by atoms with Gasteiger partial charge in [0.25, 0.3) is 0 Å². The van der Waals surface area contributed by atoms with Gasteiger partial charge in [-0.1, -0.05) is 48.5 Å². The molecule has 8 heteroatoms. The molecular weight excluding hydrogens is 460 g/mol. The highest BCUT2D eigenvalue weighted by Crippen LogP contribution is 2.29. The van der Waals surface area contributed by atoms with E-state index < -0.39 is 10.0 Å². The third-order valence-corrected chi connectivity index (χ3v) is 7.39. The topological polar surface area (TPSA) is 85.6 Å². The van der Waals surface area contributed by atoms with E-state index in [1.807, 2.05) is 47.8 Å². The summed E-state index contributed by atoms with van der Waals surface area (Å²) < 4.78 is 33.5. The van der Waals surface area contributed by atoms with Crippen LogP contribution in [0.1, 0.15) is 5.69 Å². The first-order valence-corrected chi connectivity index (χ1v) is 12.5. The molecule has 0 unspecified atom stereocenters. The van der Waals surface area contributed by atoms with Crippen molar-refractivity contribution in [2.45, 2.75) is 11.8 Å². The first kappa shape index (κ1) is 22.8. The van der Waals surface area contributed by atoms with E-state index in [0.717, 1.165) is 50.7 Å². The second kappa shape index (κ2) is 8.98. The minimum absolute atomic E-state index is 0.209. The number of fused-ring (bicyclic) bond motifs is 1. The van der Waals surface area contributed by atoms with E-state index in [1.165, 1.54) is 7.05 Å². The molecule has 0 saturated carbocycles. The van der Waals surface area contributed by atoms with E-state index >= 15 is 0 Å². The Balaban J connectivity index is 1.50. The van der Waals surface area contributed by atoms with E-state index in [9.17, 15) is 8.42 Å². The molecule has 1 N–H and O–H groups in total. The van der Waals surface area contributed by atoms with Crippen molar-refractivity contribution in [3.8, 4) is 39.4 Å². The van der Waals surface area contributed by atoms with Gasteiger partial charge >= 0.3 is 0 Å². The van der Waals surface area contributed by atoms with Gasteiger partial charge in [0.1, 0.15) is 5.75 Å². The largest absolute Gasteiger partial charge is 0.497 e. The normalized spacial score (nSPS) is 11.6. The number of aryl methyl sites for hydroxylation is 1. The quantitative estimate of drug-likeness (QED) is 0.368. The van der Waals surface area contributed by atoms with Crippen molar-refractivity contribution in [2.75, 3.05) is 14.2 Å². The maximum atomic E-state index is 12.1. The summed E-state index contributed by atoms with van der Waals surface area (Å²) in [4.78, 5) is 4.85. The molecule has 0 atom stereocenters. The highest BCUT2D eigenvalue weighted by molar-refractivity contribution is 7.89. The molecule has 0 aliphatic heterocycles. The van der Waals surface area contributed by atoms with Gasteiger partial charge in [0.15, 0.2) is 5.65 Å². The number of ether oxygens (including phenoxy) is 1. The molecule has 3 aromatic carbocycles. The summed E-state index contributed by atoms with van der Waals surface area (Å²) in [5.41, 5.74) is 7.21. The van der Waals surface area contributed by atoms with Crippen LogP contribution in [0.3, 0.4) is 0 Å². The van der Waals surface area contributed by atoms with Gasteiger partial charge < -0.3 is 4.74 Å². The lowest BCUT2D eigenvalue weighted by molar-refractivity contribution is 0.415. The van der Waals surface area contributed by atoms with Gasteiger partial charge in [-0.05, 0) is 61.5 Å². The number of aromatic nitrogens is 3. The summed E-state index contributed by atoms with van der Waals surface area (Å²) in [6, 6.07) is 26.8. The summed E-state index contributed by atoms with van der Waals surface area (Å²) in [5.74, 6) is 0.826. The molecule has 5 rings (SSSR count). The Morgan fingerprint density at radius 3 is 1.94 bits per heavy atom. The lowest BCUT2D eigenvalue weighted by Crippen LogP contribution is -2.18. The minimum Gasteiger partial charge on any atom is -0.497 e. The van der Waals surface area contributed by atoms with Gasteiger partial charge in [0.05, 0.1) is 29.1 Å². The zero-order valence-corrected chi connectivity index (χ0v) is 20.4. The summed E-state index contributed by atoms with van der Waals surface area (Å²) in [7, 11) is -0.448. The van der Waals surface area contributed by atoms with E-state index in [-0.39, 0.29) is 4.90 Å². The molecule has 0 bridgehead atoms. The van der Waals surface area contributed by atoms with Crippen LogP contribution >= 0.6 is 0 Å². The predicted molar refractivity (Wildman–Crippen MR) is 137 cm³/mol. The molecule has 0 spiro atoms. The number of methoxy groups -OCH3 is 1. The number of nitrogens with zero attached hydrogens (tertiary/aromatic N) is 3. The van der Waals surface area contributed by atoms with Crippen LogP contribution in [0.2, 0.25) is 0 Å². The molecule has 0 amide bonds. The highest BCUT2D eigenvalue weighted by atomic mass is 32.2. The van der Waals surface area contributed by atoms with Crippen LogP contribution in [0.4, 0.5) is 0 Å². The van der Waals surface area contributed by atoms with E-state index in [2.05, 4.69) is 34.0 Å². The monoisotopic (exact) mass is 484 g/mol. The fourth-order valence-corrected chi connectivity index (χ4v) is 4.79. The smallest absolute Gasteiger partial charge is 0.240 e. The average molecular weight is 485 g/mol. The predicted octanol–water partition coefficient (Wildman–Crippen LogP) is 4.96. The first-order valence-electron chi connectivity index (χ1n) is 11.0. The summed E-state index contributed by atoms with van der Waals surface area (Å²) in [5, 5.41) is 4.86. The first-order chi connectivity index (χ1) is 16.9. The number of rotatable bonds is 6. The second-order valence-corrected chi connectivity index (χ2v) is 9.96. The Kier molecular flexibility index (Phi) is 5.84. The third-order valence-electron chi connectivity index (χ3n) is 5.96. The lowest BCUT2D eigenvalue weighted by Gasteiger charge is -2.08. The molecule has 0 aliphatic carbocycles. The highest BCUT2D eigenvalue weighted by Gasteiger charge is 2.16. The fraction of sp³-hybridized carbons (Fsp3) is 0.111. The molecule has 0 aliphatic rings. The number of hydrogen-bond acceptors (Lipinski definition) is 5. The van der Waals surface area contributed by atoms with Crippen molar-refractivity contribution in [3.05, 3.63) is 90.6 Å². The fourth-order valence-electron chi connectivity index (χ4n) is 4.06. The SMILES string of the molecule is CNS(=O)(=O)c1ccc(-c2c(C)nc3ccc(-c4ccc(-c5ccc(OC)cc5)cc4)nn23)cc1. The Bertz CT molecular complexity index is 1610.